The molecule has 0 aromatic heterocycles. The molecule has 3 N–H and O–H groups in total. The van der Waals surface area contributed by atoms with Gasteiger partial charge in [0.25, 0.3) is 0 Å². The molecule has 0 aromatic carbocycles. The summed E-state index contributed by atoms with van der Waals surface area (Å²) in [5, 5.41) is 0. The van der Waals surface area contributed by atoms with Gasteiger partial charge in [0.2, 0.25) is 0 Å². The number of unbranched alkanes of at least 4 members (excludes halogenated alkanes) is 6. The minimum atomic E-state index is 0.329. The summed E-state index contributed by atoms with van der Waals surface area (Å²) in [4.78, 5) is 0. The van der Waals surface area contributed by atoms with Crippen molar-refractivity contribution < 1.29 is 4.74 Å². The van der Waals surface area contributed by atoms with Gasteiger partial charge in [0, 0.05) is 12.6 Å². The summed E-state index contributed by atoms with van der Waals surface area (Å²) in [6.07, 6.45) is 12.2. The second-order valence-corrected chi connectivity index (χ2v) is 5.78. The van der Waals surface area contributed by atoms with Crippen molar-refractivity contribution in [3.05, 3.63) is 0 Å². The maximum Gasteiger partial charge on any atom is 0.0767 e. The summed E-state index contributed by atoms with van der Waals surface area (Å²) in [5.41, 5.74) is 2.96. The molecular weight excluding hydrogens is 224 g/mol. The molecule has 1 rings (SSSR count). The highest BCUT2D eigenvalue weighted by Gasteiger charge is 2.30. The third-order valence-corrected chi connectivity index (χ3v) is 4.17. The molecule has 1 aliphatic rings. The summed E-state index contributed by atoms with van der Waals surface area (Å²) >= 11 is 0. The quantitative estimate of drug-likeness (QED) is 0.358. The van der Waals surface area contributed by atoms with Crippen LogP contribution in [0.1, 0.15) is 71.6 Å². The average molecular weight is 256 g/mol. The van der Waals surface area contributed by atoms with E-state index in [4.69, 9.17) is 10.6 Å². The molecule has 1 heterocycles. The van der Waals surface area contributed by atoms with E-state index in [2.05, 4.69) is 19.3 Å². The monoisotopic (exact) mass is 256 g/mol. The SMILES string of the molecule is CCCCCCCCCC(NN)C1OCCC1C. The van der Waals surface area contributed by atoms with Crippen LogP contribution in [0.3, 0.4) is 0 Å². The first-order chi connectivity index (χ1) is 8.79. The summed E-state index contributed by atoms with van der Waals surface area (Å²) in [6, 6.07) is 0.346. The highest BCUT2D eigenvalue weighted by Crippen LogP contribution is 2.25. The molecule has 0 saturated carbocycles. The maximum atomic E-state index is 5.79. The van der Waals surface area contributed by atoms with E-state index < -0.39 is 0 Å². The van der Waals surface area contributed by atoms with E-state index in [1.54, 1.807) is 0 Å². The van der Waals surface area contributed by atoms with Gasteiger partial charge >= 0.3 is 0 Å². The number of nitrogens with two attached hydrogens (primary N) is 1. The van der Waals surface area contributed by atoms with Gasteiger partial charge in [0.15, 0.2) is 0 Å². The van der Waals surface area contributed by atoms with Gasteiger partial charge in [-0.2, -0.15) is 0 Å². The van der Waals surface area contributed by atoms with E-state index in [9.17, 15) is 0 Å². The summed E-state index contributed by atoms with van der Waals surface area (Å²) in [6.45, 7) is 5.44. The van der Waals surface area contributed by atoms with Crippen molar-refractivity contribution in [2.75, 3.05) is 6.61 Å². The summed E-state index contributed by atoms with van der Waals surface area (Å²) < 4.78 is 5.79. The van der Waals surface area contributed by atoms with Crippen LogP contribution in [0.15, 0.2) is 0 Å². The zero-order chi connectivity index (χ0) is 13.2. The number of hydrazine groups is 1. The van der Waals surface area contributed by atoms with Crippen LogP contribution in [0.4, 0.5) is 0 Å². The molecule has 108 valence electrons. The van der Waals surface area contributed by atoms with Crippen LogP contribution in [0.5, 0.6) is 0 Å². The molecule has 1 aliphatic heterocycles. The Bertz CT molecular complexity index is 199. The Morgan fingerprint density at radius 1 is 1.17 bits per heavy atom. The molecule has 3 nitrogen and oxygen atoms in total. The molecule has 0 aliphatic carbocycles. The fourth-order valence-corrected chi connectivity index (χ4v) is 2.90. The van der Waals surface area contributed by atoms with Crippen LogP contribution in [0.2, 0.25) is 0 Å². The van der Waals surface area contributed by atoms with Crippen LogP contribution in [-0.4, -0.2) is 18.8 Å². The lowest BCUT2D eigenvalue weighted by molar-refractivity contribution is 0.0574. The predicted octanol–water partition coefficient (Wildman–Crippen LogP) is 3.38. The smallest absolute Gasteiger partial charge is 0.0767 e. The molecule has 3 atom stereocenters. The lowest BCUT2D eigenvalue weighted by Crippen LogP contribution is -2.45. The zero-order valence-corrected chi connectivity index (χ0v) is 12.3. The van der Waals surface area contributed by atoms with Crippen molar-refractivity contribution in [1.29, 1.82) is 0 Å². The minimum Gasteiger partial charge on any atom is -0.376 e. The van der Waals surface area contributed by atoms with Crippen molar-refractivity contribution in [3.63, 3.8) is 0 Å². The Labute approximate surface area is 113 Å². The van der Waals surface area contributed by atoms with Gasteiger partial charge in [-0.3, -0.25) is 11.3 Å². The number of hydrogen-bond donors (Lipinski definition) is 2. The molecule has 0 spiro atoms. The Morgan fingerprint density at radius 2 is 1.83 bits per heavy atom. The molecule has 1 saturated heterocycles. The molecule has 3 unspecified atom stereocenters. The molecule has 0 radical (unpaired) electrons. The molecule has 18 heavy (non-hydrogen) atoms. The van der Waals surface area contributed by atoms with E-state index >= 15 is 0 Å². The van der Waals surface area contributed by atoms with Crippen molar-refractivity contribution in [1.82, 2.24) is 5.43 Å². The fraction of sp³-hybridized carbons (Fsp3) is 1.00. The first-order valence-electron chi connectivity index (χ1n) is 7.87. The van der Waals surface area contributed by atoms with Gasteiger partial charge in [0.1, 0.15) is 0 Å². The third kappa shape index (κ3) is 5.68. The highest BCUT2D eigenvalue weighted by molar-refractivity contribution is 4.83. The van der Waals surface area contributed by atoms with E-state index in [1.165, 1.54) is 51.4 Å². The number of nitrogens with one attached hydrogen (secondary N) is 1. The van der Waals surface area contributed by atoms with Crippen molar-refractivity contribution in [2.24, 2.45) is 11.8 Å². The molecule has 0 aromatic rings. The van der Waals surface area contributed by atoms with E-state index in [-0.39, 0.29) is 0 Å². The molecular formula is C15H32N2O. The summed E-state index contributed by atoms with van der Waals surface area (Å²) in [7, 11) is 0. The van der Waals surface area contributed by atoms with Gasteiger partial charge < -0.3 is 4.74 Å². The largest absolute Gasteiger partial charge is 0.376 e. The van der Waals surface area contributed by atoms with E-state index in [0.717, 1.165) is 13.0 Å². The molecule has 1 fully saturated rings. The van der Waals surface area contributed by atoms with Crippen LogP contribution in [0.25, 0.3) is 0 Å². The zero-order valence-electron chi connectivity index (χ0n) is 12.3. The molecule has 0 amide bonds. The van der Waals surface area contributed by atoms with Crippen molar-refractivity contribution in [3.8, 4) is 0 Å². The molecule has 3 heteroatoms. The van der Waals surface area contributed by atoms with E-state index in [1.807, 2.05) is 0 Å². The van der Waals surface area contributed by atoms with Gasteiger partial charge in [-0.25, -0.2) is 0 Å². The Hall–Kier alpha value is -0.120. The lowest BCUT2D eigenvalue weighted by atomic mass is 9.94. The second-order valence-electron chi connectivity index (χ2n) is 5.78. The molecule has 0 bridgehead atoms. The summed E-state index contributed by atoms with van der Waals surface area (Å²) in [5.74, 6) is 6.31. The van der Waals surface area contributed by atoms with Gasteiger partial charge in [-0.1, -0.05) is 58.8 Å². The standard InChI is InChI=1S/C15H32N2O/c1-3-4-5-6-7-8-9-10-14(17-16)15-13(2)11-12-18-15/h13-15,17H,3-12,16H2,1-2H3. The number of rotatable bonds is 10. The second kappa shape index (κ2) is 9.76. The van der Waals surface area contributed by atoms with Gasteiger partial charge in [-0.15, -0.1) is 0 Å². The van der Waals surface area contributed by atoms with Gasteiger partial charge in [0.05, 0.1) is 6.10 Å². The van der Waals surface area contributed by atoms with Crippen molar-refractivity contribution in [2.45, 2.75) is 83.8 Å². The predicted molar refractivity (Wildman–Crippen MR) is 77.2 cm³/mol. The maximum absolute atomic E-state index is 5.79. The van der Waals surface area contributed by atoms with Gasteiger partial charge in [-0.05, 0) is 18.8 Å². The first-order valence-corrected chi connectivity index (χ1v) is 7.87. The van der Waals surface area contributed by atoms with Crippen LogP contribution >= 0.6 is 0 Å². The average Bonchev–Trinajstić information content (AvgIpc) is 2.79. The van der Waals surface area contributed by atoms with Crippen LogP contribution < -0.4 is 11.3 Å². The van der Waals surface area contributed by atoms with Crippen LogP contribution in [0, 0.1) is 5.92 Å². The Kier molecular flexibility index (Phi) is 8.64. The lowest BCUT2D eigenvalue weighted by Gasteiger charge is -2.25. The fourth-order valence-electron chi connectivity index (χ4n) is 2.90. The van der Waals surface area contributed by atoms with Crippen molar-refractivity contribution >= 4 is 0 Å². The normalized spacial score (nSPS) is 25.5. The van der Waals surface area contributed by atoms with E-state index in [0.29, 0.717) is 18.1 Å². The first kappa shape index (κ1) is 15.9. The Balaban J connectivity index is 2.05. The van der Waals surface area contributed by atoms with Crippen LogP contribution in [-0.2, 0) is 4.74 Å². The topological polar surface area (TPSA) is 47.3 Å². The third-order valence-electron chi connectivity index (χ3n) is 4.17. The number of ether oxygens (including phenoxy) is 1. The number of hydrogen-bond acceptors (Lipinski definition) is 3. The minimum absolute atomic E-state index is 0.329. The Morgan fingerprint density at radius 3 is 2.39 bits per heavy atom. The highest BCUT2D eigenvalue weighted by atomic mass is 16.5.